The van der Waals surface area contributed by atoms with Crippen molar-refractivity contribution in [1.82, 2.24) is 10.6 Å². The summed E-state index contributed by atoms with van der Waals surface area (Å²) >= 11 is 0. The van der Waals surface area contributed by atoms with Gasteiger partial charge in [-0.25, -0.2) is 9.57 Å². The van der Waals surface area contributed by atoms with Crippen molar-refractivity contribution in [2.24, 2.45) is 21.9 Å². The van der Waals surface area contributed by atoms with Crippen molar-refractivity contribution in [3.63, 3.8) is 0 Å². The lowest BCUT2D eigenvalue weighted by atomic mass is 9.85. The number of nitrogens with two attached hydrogens (primary N) is 2. The molecule has 0 saturated carbocycles. The molecule has 0 bridgehead atoms. The van der Waals surface area contributed by atoms with Crippen LogP contribution in [-0.2, 0) is 9.53 Å². The first-order valence-corrected chi connectivity index (χ1v) is 8.39. The summed E-state index contributed by atoms with van der Waals surface area (Å²) in [4.78, 5) is 16.6. The van der Waals surface area contributed by atoms with E-state index >= 15 is 0 Å². The van der Waals surface area contributed by atoms with E-state index in [2.05, 4.69) is 15.6 Å². The molecule has 4 atom stereocenters. The summed E-state index contributed by atoms with van der Waals surface area (Å²) in [5.74, 6) is -2.64. The quantitative estimate of drug-likeness (QED) is 0.178. The molecule has 8 N–H and O–H groups in total. The Bertz CT molecular complexity index is 667. The lowest BCUT2D eigenvalue weighted by Crippen LogP contribution is -2.78. The average Bonchev–Trinajstić information content (AvgIpc) is 2.95. The molecule has 1 spiro atoms. The fourth-order valence-corrected chi connectivity index (χ4v) is 3.73. The van der Waals surface area contributed by atoms with Crippen molar-refractivity contribution in [2.75, 3.05) is 6.54 Å². The molecule has 140 valence electrons. The van der Waals surface area contributed by atoms with Gasteiger partial charge in [0.25, 0.3) is 5.79 Å². The fraction of sp³-hybridized carbons (Fsp3) is 0.800. The van der Waals surface area contributed by atoms with E-state index in [1.54, 1.807) is 20.8 Å². The van der Waals surface area contributed by atoms with Crippen LogP contribution >= 0.6 is 0 Å². The van der Waals surface area contributed by atoms with Crippen molar-refractivity contribution < 1.29 is 24.3 Å². The molecular weight excluding hydrogens is 328 g/mol. The molecule has 3 heterocycles. The molecule has 0 radical (unpaired) electrons. The van der Waals surface area contributed by atoms with Crippen LogP contribution in [0.15, 0.2) is 4.99 Å². The van der Waals surface area contributed by atoms with Gasteiger partial charge in [-0.05, 0) is 27.2 Å². The van der Waals surface area contributed by atoms with Crippen LogP contribution in [0.3, 0.4) is 0 Å². The van der Waals surface area contributed by atoms with E-state index in [1.807, 2.05) is 6.92 Å². The number of aliphatic hydroxyl groups is 2. The molecule has 3 rings (SSSR count). The zero-order chi connectivity index (χ0) is 18.8. The number of hydrogen-bond donors (Lipinski definition) is 6. The summed E-state index contributed by atoms with van der Waals surface area (Å²) < 4.78 is 6.96. The molecule has 10 heteroatoms. The highest BCUT2D eigenvalue weighted by Gasteiger charge is 2.75. The molecule has 0 amide bonds. The molecule has 1 saturated heterocycles. The van der Waals surface area contributed by atoms with Gasteiger partial charge in [-0.2, -0.15) is 0 Å². The normalized spacial score (nSPS) is 36.1. The van der Waals surface area contributed by atoms with E-state index in [0.29, 0.717) is 6.42 Å². The Morgan fingerprint density at radius 2 is 2.08 bits per heavy atom. The third kappa shape index (κ3) is 2.27. The summed E-state index contributed by atoms with van der Waals surface area (Å²) in [5, 5.41) is 28.0. The number of ether oxygens (including phenoxy) is 1. The second kappa shape index (κ2) is 5.21. The van der Waals surface area contributed by atoms with Crippen molar-refractivity contribution in [2.45, 2.75) is 63.8 Å². The Balaban J connectivity index is 2.04. The Hall–Kier alpha value is -2.07. The summed E-state index contributed by atoms with van der Waals surface area (Å²) in [5.41, 5.74) is 9.69. The number of rotatable bonds is 2. The standard InChI is InChI=1S/C15H26N6O4/c1-5-7-9-14(20-11(16)19-9)15(23,24)8(6-21(14)12(17)18-7)25-10(22)13(2,3)4/h7-9,23-24H,5-6H2,1-4H3,(H5,16,17,18,19,20)/p+1/t7-,8-,9-,14-/m0/s1. The molecule has 1 fully saturated rings. The lowest BCUT2D eigenvalue weighted by molar-refractivity contribution is -0.623. The van der Waals surface area contributed by atoms with Gasteiger partial charge in [0.1, 0.15) is 18.6 Å². The predicted molar refractivity (Wildman–Crippen MR) is 89.3 cm³/mol. The van der Waals surface area contributed by atoms with Gasteiger partial charge in [-0.3, -0.25) is 15.8 Å². The average molecular weight is 355 g/mol. The van der Waals surface area contributed by atoms with Crippen molar-refractivity contribution in [3.8, 4) is 0 Å². The van der Waals surface area contributed by atoms with Gasteiger partial charge in [-0.1, -0.05) is 6.92 Å². The maximum atomic E-state index is 12.3. The van der Waals surface area contributed by atoms with Gasteiger partial charge in [0.15, 0.2) is 12.1 Å². The Morgan fingerprint density at radius 3 is 2.64 bits per heavy atom. The molecule has 0 aromatic heterocycles. The van der Waals surface area contributed by atoms with E-state index in [9.17, 15) is 15.0 Å². The first kappa shape index (κ1) is 17.7. The number of hydrogen-bond acceptors (Lipinski definition) is 9. The van der Waals surface area contributed by atoms with Crippen LogP contribution in [0.5, 0.6) is 0 Å². The Morgan fingerprint density at radius 1 is 1.44 bits per heavy atom. The lowest BCUT2D eigenvalue weighted by Gasteiger charge is -2.43. The summed E-state index contributed by atoms with van der Waals surface area (Å²) in [6, 6.07) is -0.862. The monoisotopic (exact) mass is 355 g/mol. The maximum absolute atomic E-state index is 12.3. The zero-order valence-corrected chi connectivity index (χ0v) is 14.9. The highest BCUT2D eigenvalue weighted by Crippen LogP contribution is 2.43. The smallest absolute Gasteiger partial charge is 0.346 e. The molecule has 25 heavy (non-hydrogen) atoms. The van der Waals surface area contributed by atoms with Crippen LogP contribution in [0.4, 0.5) is 0 Å². The maximum Gasteiger partial charge on any atom is 0.346 e. The van der Waals surface area contributed by atoms with Crippen molar-refractivity contribution in [1.29, 1.82) is 0 Å². The number of carbonyl (C=O) groups excluding carboxylic acids is 1. The van der Waals surface area contributed by atoms with Gasteiger partial charge >= 0.3 is 11.9 Å². The molecule has 0 aliphatic carbocycles. The van der Waals surface area contributed by atoms with E-state index in [1.165, 1.54) is 4.58 Å². The Labute approximate surface area is 145 Å². The number of nitrogens with one attached hydrogen (secondary N) is 2. The van der Waals surface area contributed by atoms with E-state index < -0.39 is 35.0 Å². The number of nitrogens with zero attached hydrogens (tertiary/aromatic N) is 2. The fourth-order valence-electron chi connectivity index (χ4n) is 3.73. The minimum atomic E-state index is -2.44. The minimum absolute atomic E-state index is 0.00358. The first-order valence-electron chi connectivity index (χ1n) is 8.39. The predicted octanol–water partition coefficient (Wildman–Crippen LogP) is -2.67. The number of aliphatic imine (C=N–C) groups is 1. The molecule has 10 nitrogen and oxygen atoms in total. The molecule has 3 aliphatic rings. The summed E-state index contributed by atoms with van der Waals surface area (Å²) in [7, 11) is 0. The van der Waals surface area contributed by atoms with Gasteiger partial charge in [0.05, 0.1) is 5.41 Å². The van der Waals surface area contributed by atoms with E-state index in [-0.39, 0.29) is 24.5 Å². The second-order valence-corrected chi connectivity index (χ2v) is 7.88. The highest BCUT2D eigenvalue weighted by atomic mass is 16.6. The number of esters is 1. The Kier molecular flexibility index (Phi) is 3.70. The van der Waals surface area contributed by atoms with Crippen LogP contribution in [0, 0.1) is 5.41 Å². The van der Waals surface area contributed by atoms with Crippen LogP contribution in [0.1, 0.15) is 34.1 Å². The summed E-state index contributed by atoms with van der Waals surface area (Å²) in [6.07, 6.45) is -0.576. The largest absolute Gasteiger partial charge is 0.453 e. The molecule has 0 aromatic rings. The SMILES string of the molecule is CC[C@@H]1NC(N)=[N+]2C[C@H](OC(=O)C(C)(C)C)C(O)(O)[C@@]23NC(N)=N[C@@H]13. The first-order chi connectivity index (χ1) is 11.4. The second-order valence-electron chi connectivity index (χ2n) is 7.88. The van der Waals surface area contributed by atoms with Gasteiger partial charge in [0, 0.05) is 0 Å². The van der Waals surface area contributed by atoms with Crippen LogP contribution < -0.4 is 22.1 Å². The van der Waals surface area contributed by atoms with Crippen molar-refractivity contribution >= 4 is 17.9 Å². The third-order valence-corrected chi connectivity index (χ3v) is 5.12. The van der Waals surface area contributed by atoms with Crippen molar-refractivity contribution in [3.05, 3.63) is 0 Å². The molecule has 0 unspecified atom stereocenters. The number of carbonyl (C=O) groups is 1. The molecule has 0 aromatic carbocycles. The summed E-state index contributed by atoms with van der Waals surface area (Å²) in [6.45, 7) is 7.01. The van der Waals surface area contributed by atoms with Crippen LogP contribution in [0.2, 0.25) is 0 Å². The van der Waals surface area contributed by atoms with Gasteiger partial charge in [-0.15, -0.1) is 0 Å². The van der Waals surface area contributed by atoms with E-state index in [0.717, 1.165) is 0 Å². The number of guanidine groups is 2. The van der Waals surface area contributed by atoms with Crippen LogP contribution in [0.25, 0.3) is 0 Å². The molecular formula is C15H27N6O4+. The van der Waals surface area contributed by atoms with E-state index in [4.69, 9.17) is 16.2 Å². The highest BCUT2D eigenvalue weighted by molar-refractivity contribution is 5.83. The van der Waals surface area contributed by atoms with Gasteiger partial charge in [0.2, 0.25) is 5.66 Å². The zero-order valence-electron chi connectivity index (χ0n) is 14.9. The molecule has 3 aliphatic heterocycles. The van der Waals surface area contributed by atoms with Gasteiger partial charge < -0.3 is 26.0 Å². The minimum Gasteiger partial charge on any atom is -0.453 e. The van der Waals surface area contributed by atoms with Crippen LogP contribution in [-0.4, -0.2) is 68.9 Å². The third-order valence-electron chi connectivity index (χ3n) is 5.12. The topological polar surface area (TPSA) is 158 Å².